The second kappa shape index (κ2) is 8.97. The van der Waals surface area contributed by atoms with Gasteiger partial charge < -0.3 is 20.6 Å². The fraction of sp³-hybridized carbons (Fsp3) is 0.190. The SMILES string of the molecule is Cc1cc(O)c(-c2cc(-c3c(F)cccc3Cl)cc(NCC(O)CO)n2)cc1Cl. The Balaban J connectivity index is 2.17. The van der Waals surface area contributed by atoms with Crippen molar-refractivity contribution in [3.8, 4) is 28.1 Å². The van der Waals surface area contributed by atoms with Crippen molar-refractivity contribution in [3.05, 3.63) is 63.9 Å². The van der Waals surface area contributed by atoms with Crippen LogP contribution in [0.15, 0.2) is 42.5 Å². The summed E-state index contributed by atoms with van der Waals surface area (Å²) in [4.78, 5) is 4.44. The number of aromatic hydroxyl groups is 1. The molecule has 29 heavy (non-hydrogen) atoms. The minimum atomic E-state index is -0.997. The highest BCUT2D eigenvalue weighted by Gasteiger charge is 2.16. The van der Waals surface area contributed by atoms with Gasteiger partial charge in [0, 0.05) is 22.7 Å². The number of pyridine rings is 1. The van der Waals surface area contributed by atoms with Gasteiger partial charge in [-0.15, -0.1) is 0 Å². The van der Waals surface area contributed by atoms with Crippen LogP contribution in [-0.4, -0.2) is 39.6 Å². The van der Waals surface area contributed by atoms with Gasteiger partial charge in [0.25, 0.3) is 0 Å². The van der Waals surface area contributed by atoms with Gasteiger partial charge in [-0.05, 0) is 54.4 Å². The number of aliphatic hydroxyl groups is 2. The molecule has 0 spiro atoms. The summed E-state index contributed by atoms with van der Waals surface area (Å²) >= 11 is 12.4. The number of aryl methyl sites for hydroxylation is 1. The highest BCUT2D eigenvalue weighted by atomic mass is 35.5. The maximum Gasteiger partial charge on any atom is 0.132 e. The van der Waals surface area contributed by atoms with Crippen LogP contribution in [0.5, 0.6) is 5.75 Å². The fourth-order valence-corrected chi connectivity index (χ4v) is 3.27. The molecule has 0 aliphatic rings. The van der Waals surface area contributed by atoms with Crippen molar-refractivity contribution in [3.63, 3.8) is 0 Å². The van der Waals surface area contributed by atoms with Crippen molar-refractivity contribution >= 4 is 29.0 Å². The highest BCUT2D eigenvalue weighted by Crippen LogP contribution is 2.38. The lowest BCUT2D eigenvalue weighted by molar-refractivity contribution is 0.105. The lowest BCUT2D eigenvalue weighted by atomic mass is 10.0. The van der Waals surface area contributed by atoms with Crippen LogP contribution in [0.2, 0.25) is 10.0 Å². The van der Waals surface area contributed by atoms with Crippen molar-refractivity contribution < 1.29 is 19.7 Å². The number of halogens is 3. The van der Waals surface area contributed by atoms with Crippen molar-refractivity contribution in [1.82, 2.24) is 4.98 Å². The minimum Gasteiger partial charge on any atom is -0.507 e. The van der Waals surface area contributed by atoms with E-state index in [2.05, 4.69) is 10.3 Å². The van der Waals surface area contributed by atoms with E-state index in [1.54, 1.807) is 31.2 Å². The maximum atomic E-state index is 14.5. The summed E-state index contributed by atoms with van der Waals surface area (Å²) in [5.41, 5.74) is 2.00. The van der Waals surface area contributed by atoms with Gasteiger partial charge in [0.15, 0.2) is 0 Å². The normalized spacial score (nSPS) is 12.1. The second-order valence-electron chi connectivity index (χ2n) is 6.56. The van der Waals surface area contributed by atoms with Gasteiger partial charge in [-0.1, -0.05) is 29.3 Å². The molecule has 0 radical (unpaired) electrons. The molecule has 2 aromatic carbocycles. The summed E-state index contributed by atoms with van der Waals surface area (Å²) in [5.74, 6) is -0.236. The number of phenols is 1. The number of aromatic nitrogens is 1. The third-order valence-electron chi connectivity index (χ3n) is 4.36. The molecule has 0 saturated heterocycles. The summed E-state index contributed by atoms with van der Waals surface area (Å²) < 4.78 is 14.5. The molecule has 3 aromatic rings. The van der Waals surface area contributed by atoms with Gasteiger partial charge in [0.1, 0.15) is 17.4 Å². The molecule has 5 nitrogen and oxygen atoms in total. The van der Waals surface area contributed by atoms with Gasteiger partial charge >= 0.3 is 0 Å². The number of rotatable bonds is 6. The number of hydrogen-bond acceptors (Lipinski definition) is 5. The van der Waals surface area contributed by atoms with E-state index in [1.165, 1.54) is 18.2 Å². The van der Waals surface area contributed by atoms with E-state index in [0.717, 1.165) is 0 Å². The van der Waals surface area contributed by atoms with Crippen molar-refractivity contribution in [1.29, 1.82) is 0 Å². The minimum absolute atomic E-state index is 0.0258. The van der Waals surface area contributed by atoms with Crippen LogP contribution in [0.4, 0.5) is 10.2 Å². The summed E-state index contributed by atoms with van der Waals surface area (Å²) in [6.07, 6.45) is -0.997. The average molecular weight is 437 g/mol. The highest BCUT2D eigenvalue weighted by molar-refractivity contribution is 6.33. The Labute approximate surface area is 177 Å². The maximum absolute atomic E-state index is 14.5. The predicted octanol–water partition coefficient (Wildman–Crippen LogP) is 4.64. The Hall–Kier alpha value is -2.38. The number of nitrogens with zero attached hydrogens (tertiary/aromatic N) is 1. The predicted molar refractivity (Wildman–Crippen MR) is 113 cm³/mol. The number of nitrogens with one attached hydrogen (secondary N) is 1. The molecule has 0 saturated carbocycles. The second-order valence-corrected chi connectivity index (χ2v) is 7.37. The molecule has 0 aliphatic heterocycles. The van der Waals surface area contributed by atoms with Crippen LogP contribution >= 0.6 is 23.2 Å². The first kappa shape index (κ1) is 21.3. The van der Waals surface area contributed by atoms with E-state index >= 15 is 0 Å². The molecule has 4 N–H and O–H groups in total. The third-order valence-corrected chi connectivity index (χ3v) is 5.08. The number of benzene rings is 2. The summed E-state index contributed by atoms with van der Waals surface area (Å²) in [7, 11) is 0. The van der Waals surface area contributed by atoms with Crippen LogP contribution < -0.4 is 5.32 Å². The topological polar surface area (TPSA) is 85.6 Å². The van der Waals surface area contributed by atoms with E-state index in [-0.39, 0.29) is 22.9 Å². The lowest BCUT2D eigenvalue weighted by Gasteiger charge is -2.15. The largest absolute Gasteiger partial charge is 0.507 e. The number of anilines is 1. The fourth-order valence-electron chi connectivity index (χ4n) is 2.84. The Bertz CT molecular complexity index is 1030. The quantitative estimate of drug-likeness (QED) is 0.452. The van der Waals surface area contributed by atoms with Crippen LogP contribution in [0.3, 0.4) is 0 Å². The molecule has 0 aliphatic carbocycles. The molecule has 1 unspecified atom stereocenters. The van der Waals surface area contributed by atoms with Gasteiger partial charge in [-0.2, -0.15) is 0 Å². The monoisotopic (exact) mass is 436 g/mol. The first-order valence-corrected chi connectivity index (χ1v) is 9.54. The van der Waals surface area contributed by atoms with Crippen molar-refractivity contribution in [2.45, 2.75) is 13.0 Å². The third kappa shape index (κ3) is 4.79. The van der Waals surface area contributed by atoms with Crippen molar-refractivity contribution in [2.24, 2.45) is 0 Å². The molecule has 0 fully saturated rings. The van der Waals surface area contributed by atoms with Crippen molar-refractivity contribution in [2.75, 3.05) is 18.5 Å². The van der Waals surface area contributed by atoms with E-state index in [9.17, 15) is 14.6 Å². The molecule has 1 aromatic heterocycles. The molecule has 0 bridgehead atoms. The Morgan fingerprint density at radius 1 is 1.14 bits per heavy atom. The number of hydrogen-bond donors (Lipinski definition) is 4. The average Bonchev–Trinajstić information content (AvgIpc) is 2.68. The van der Waals surface area contributed by atoms with E-state index in [0.29, 0.717) is 33.2 Å². The van der Waals surface area contributed by atoms with Gasteiger partial charge in [0.2, 0.25) is 0 Å². The molecule has 8 heteroatoms. The Morgan fingerprint density at radius 3 is 2.59 bits per heavy atom. The van der Waals surface area contributed by atoms with Crippen LogP contribution in [0.1, 0.15) is 5.56 Å². The van der Waals surface area contributed by atoms with Gasteiger partial charge in [0.05, 0.1) is 23.4 Å². The molecular formula is C21H19Cl2FN2O3. The van der Waals surface area contributed by atoms with Crippen LogP contribution in [0.25, 0.3) is 22.4 Å². The van der Waals surface area contributed by atoms with Crippen LogP contribution in [0, 0.1) is 12.7 Å². The lowest BCUT2D eigenvalue weighted by Crippen LogP contribution is -2.23. The first-order chi connectivity index (χ1) is 13.8. The van der Waals surface area contributed by atoms with Gasteiger partial charge in [-0.25, -0.2) is 9.37 Å². The van der Waals surface area contributed by atoms with E-state index in [1.807, 2.05) is 0 Å². The molecule has 0 amide bonds. The molecular weight excluding hydrogens is 418 g/mol. The Kier molecular flexibility index (Phi) is 6.59. The molecule has 152 valence electrons. The standard InChI is InChI=1S/C21H19Cl2FN2O3/c1-11-5-19(29)14(8-16(11)23)18-6-12(21-15(22)3-2-4-17(21)24)7-20(26-18)25-9-13(28)10-27/h2-8,13,27-29H,9-10H2,1H3,(H,25,26). The van der Waals surface area contributed by atoms with Gasteiger partial charge in [-0.3, -0.25) is 0 Å². The first-order valence-electron chi connectivity index (χ1n) is 8.79. The molecule has 1 atom stereocenters. The zero-order chi connectivity index (χ0) is 21.1. The summed E-state index contributed by atoms with van der Waals surface area (Å²) in [5, 5.41) is 32.6. The number of aliphatic hydroxyl groups excluding tert-OH is 2. The zero-order valence-electron chi connectivity index (χ0n) is 15.5. The van der Waals surface area contributed by atoms with E-state index in [4.69, 9.17) is 28.3 Å². The molecule has 3 rings (SSSR count). The van der Waals surface area contributed by atoms with E-state index < -0.39 is 18.5 Å². The summed E-state index contributed by atoms with van der Waals surface area (Å²) in [6, 6.07) is 10.6. The zero-order valence-corrected chi connectivity index (χ0v) is 17.0. The number of phenolic OH excluding ortho intramolecular Hbond substituents is 1. The smallest absolute Gasteiger partial charge is 0.132 e. The summed E-state index contributed by atoms with van der Waals surface area (Å²) in [6.45, 7) is 1.36. The van der Waals surface area contributed by atoms with Crippen LogP contribution in [-0.2, 0) is 0 Å². The Morgan fingerprint density at radius 2 is 1.90 bits per heavy atom. The molecule has 1 heterocycles.